The number of hydrogen-bond acceptors (Lipinski definition) is 0. The van der Waals surface area contributed by atoms with Crippen LogP contribution in [0.3, 0.4) is 0 Å². The van der Waals surface area contributed by atoms with Crippen LogP contribution in [0.1, 0.15) is 130 Å². The summed E-state index contributed by atoms with van der Waals surface area (Å²) in [7, 11) is 0. The highest BCUT2D eigenvalue weighted by Gasteiger charge is 1.94. The topological polar surface area (TPSA) is 0 Å². The summed E-state index contributed by atoms with van der Waals surface area (Å²) in [5.41, 5.74) is 1.63. The first kappa shape index (κ1) is 21.7. The molecule has 0 bridgehead atoms. The van der Waals surface area contributed by atoms with Gasteiger partial charge in [-0.2, -0.15) is 0 Å². The molecule has 132 valence electrons. The summed E-state index contributed by atoms with van der Waals surface area (Å²) < 4.78 is 0. The molecule has 0 aliphatic carbocycles. The SMILES string of the molecule is CCCCCCCCCCCCC=C(C)CCCCCCC. The lowest BCUT2D eigenvalue weighted by atomic mass is 10.0. The van der Waals surface area contributed by atoms with E-state index in [1.54, 1.807) is 5.57 Å². The number of rotatable bonds is 17. The average molecular weight is 309 g/mol. The van der Waals surface area contributed by atoms with Crippen LogP contribution in [-0.2, 0) is 0 Å². The molecule has 0 heteroatoms. The van der Waals surface area contributed by atoms with Gasteiger partial charge in [-0.1, -0.05) is 109 Å². The second kappa shape index (κ2) is 18.8. The standard InChI is InChI=1S/C22H44/c1-4-6-8-10-11-12-13-14-15-17-19-21-22(3)20-18-16-9-7-5-2/h21H,4-20H2,1-3H3. The Morgan fingerprint density at radius 3 is 1.45 bits per heavy atom. The second-order valence-electron chi connectivity index (χ2n) is 7.19. The van der Waals surface area contributed by atoms with Crippen molar-refractivity contribution in [3.8, 4) is 0 Å². The molecule has 0 nitrogen and oxygen atoms in total. The van der Waals surface area contributed by atoms with Gasteiger partial charge in [0, 0.05) is 0 Å². The minimum Gasteiger partial charge on any atom is -0.0856 e. The molecule has 0 unspecified atom stereocenters. The number of unbranched alkanes of at least 4 members (excludes halogenated alkanes) is 14. The molecule has 0 aliphatic rings. The molecule has 0 aromatic rings. The Balaban J connectivity index is 3.21. The molecule has 0 heterocycles. The van der Waals surface area contributed by atoms with Crippen molar-refractivity contribution in [2.45, 2.75) is 130 Å². The van der Waals surface area contributed by atoms with E-state index >= 15 is 0 Å². The van der Waals surface area contributed by atoms with Gasteiger partial charge in [-0.05, 0) is 32.6 Å². The second-order valence-corrected chi connectivity index (χ2v) is 7.19. The lowest BCUT2D eigenvalue weighted by Crippen LogP contribution is -1.83. The molecule has 0 fully saturated rings. The predicted molar refractivity (Wildman–Crippen MR) is 104 cm³/mol. The highest BCUT2D eigenvalue weighted by molar-refractivity contribution is 4.97. The maximum Gasteiger partial charge on any atom is -0.0323 e. The van der Waals surface area contributed by atoms with Crippen LogP contribution in [0.2, 0.25) is 0 Å². The minimum absolute atomic E-state index is 1.32. The Hall–Kier alpha value is -0.260. The summed E-state index contributed by atoms with van der Waals surface area (Å²) in [6, 6.07) is 0. The van der Waals surface area contributed by atoms with E-state index in [0.717, 1.165) is 0 Å². The van der Waals surface area contributed by atoms with Crippen LogP contribution < -0.4 is 0 Å². The molecule has 0 saturated carbocycles. The zero-order valence-electron chi connectivity index (χ0n) is 16.1. The largest absolute Gasteiger partial charge is 0.0856 e. The number of allylic oxidation sites excluding steroid dienone is 2. The van der Waals surface area contributed by atoms with Gasteiger partial charge in [0.15, 0.2) is 0 Å². The molecule has 0 N–H and O–H groups in total. The van der Waals surface area contributed by atoms with Crippen molar-refractivity contribution in [3.05, 3.63) is 11.6 Å². The third-order valence-electron chi connectivity index (χ3n) is 4.73. The normalized spacial score (nSPS) is 12.0. The first-order chi connectivity index (χ1) is 10.8. The fourth-order valence-corrected chi connectivity index (χ4v) is 3.09. The smallest absolute Gasteiger partial charge is 0.0323 e. The van der Waals surface area contributed by atoms with E-state index in [1.165, 1.54) is 109 Å². The summed E-state index contributed by atoms with van der Waals surface area (Å²) in [5, 5.41) is 0. The van der Waals surface area contributed by atoms with Crippen LogP contribution in [-0.4, -0.2) is 0 Å². The maximum atomic E-state index is 2.50. The van der Waals surface area contributed by atoms with Crippen LogP contribution in [0.5, 0.6) is 0 Å². The lowest BCUT2D eigenvalue weighted by molar-refractivity contribution is 0.557. The fraction of sp³-hybridized carbons (Fsp3) is 0.909. The van der Waals surface area contributed by atoms with E-state index in [2.05, 4.69) is 26.8 Å². The molecule has 0 aromatic heterocycles. The summed E-state index contributed by atoms with van der Waals surface area (Å²) in [6.07, 6.45) is 26.6. The fourth-order valence-electron chi connectivity index (χ4n) is 3.09. The van der Waals surface area contributed by atoms with E-state index < -0.39 is 0 Å². The van der Waals surface area contributed by atoms with Crippen molar-refractivity contribution in [2.24, 2.45) is 0 Å². The quantitative estimate of drug-likeness (QED) is 0.186. The van der Waals surface area contributed by atoms with E-state index in [-0.39, 0.29) is 0 Å². The molecule has 0 amide bonds. The molecule has 0 rings (SSSR count). The molecule has 22 heavy (non-hydrogen) atoms. The first-order valence-corrected chi connectivity index (χ1v) is 10.5. The van der Waals surface area contributed by atoms with Crippen molar-refractivity contribution < 1.29 is 0 Å². The Kier molecular flexibility index (Phi) is 18.6. The summed E-state index contributed by atoms with van der Waals surface area (Å²) in [6.45, 7) is 6.91. The lowest BCUT2D eigenvalue weighted by Gasteiger charge is -2.03. The van der Waals surface area contributed by atoms with Crippen LogP contribution in [0.15, 0.2) is 11.6 Å². The van der Waals surface area contributed by atoms with E-state index in [0.29, 0.717) is 0 Å². The Labute approximate surface area is 142 Å². The Bertz CT molecular complexity index is 226. The van der Waals surface area contributed by atoms with Gasteiger partial charge >= 0.3 is 0 Å². The third-order valence-corrected chi connectivity index (χ3v) is 4.73. The first-order valence-electron chi connectivity index (χ1n) is 10.5. The Morgan fingerprint density at radius 2 is 0.955 bits per heavy atom. The van der Waals surface area contributed by atoms with Crippen molar-refractivity contribution in [1.29, 1.82) is 0 Å². The van der Waals surface area contributed by atoms with Crippen molar-refractivity contribution in [3.63, 3.8) is 0 Å². The van der Waals surface area contributed by atoms with Crippen molar-refractivity contribution in [2.75, 3.05) is 0 Å². The van der Waals surface area contributed by atoms with Crippen molar-refractivity contribution in [1.82, 2.24) is 0 Å². The molecular weight excluding hydrogens is 264 g/mol. The molecular formula is C22H44. The molecule has 0 saturated heterocycles. The zero-order chi connectivity index (χ0) is 16.3. The monoisotopic (exact) mass is 308 g/mol. The minimum atomic E-state index is 1.32. The summed E-state index contributed by atoms with van der Waals surface area (Å²) >= 11 is 0. The van der Waals surface area contributed by atoms with Crippen molar-refractivity contribution >= 4 is 0 Å². The van der Waals surface area contributed by atoms with Gasteiger partial charge in [0.25, 0.3) is 0 Å². The van der Waals surface area contributed by atoms with Gasteiger partial charge in [0.2, 0.25) is 0 Å². The van der Waals surface area contributed by atoms with Crippen LogP contribution in [0.4, 0.5) is 0 Å². The molecule has 0 atom stereocenters. The third kappa shape index (κ3) is 17.8. The summed E-state index contributed by atoms with van der Waals surface area (Å²) in [5.74, 6) is 0. The van der Waals surface area contributed by atoms with Gasteiger partial charge < -0.3 is 0 Å². The molecule has 0 aliphatic heterocycles. The molecule has 0 aromatic carbocycles. The van der Waals surface area contributed by atoms with Gasteiger partial charge in [0.1, 0.15) is 0 Å². The maximum absolute atomic E-state index is 2.50. The van der Waals surface area contributed by atoms with Gasteiger partial charge in [-0.3, -0.25) is 0 Å². The predicted octanol–water partition coefficient (Wildman–Crippen LogP) is 8.60. The van der Waals surface area contributed by atoms with Crippen LogP contribution in [0.25, 0.3) is 0 Å². The van der Waals surface area contributed by atoms with Gasteiger partial charge in [-0.25, -0.2) is 0 Å². The zero-order valence-corrected chi connectivity index (χ0v) is 16.1. The van der Waals surface area contributed by atoms with Gasteiger partial charge in [0.05, 0.1) is 0 Å². The van der Waals surface area contributed by atoms with Crippen LogP contribution in [0, 0.1) is 0 Å². The van der Waals surface area contributed by atoms with E-state index in [4.69, 9.17) is 0 Å². The van der Waals surface area contributed by atoms with Crippen LogP contribution >= 0.6 is 0 Å². The number of hydrogen-bond donors (Lipinski definition) is 0. The highest BCUT2D eigenvalue weighted by atomic mass is 14.0. The van der Waals surface area contributed by atoms with E-state index in [1.807, 2.05) is 0 Å². The molecule has 0 spiro atoms. The highest BCUT2D eigenvalue weighted by Crippen LogP contribution is 2.14. The Morgan fingerprint density at radius 1 is 0.545 bits per heavy atom. The van der Waals surface area contributed by atoms with E-state index in [9.17, 15) is 0 Å². The summed E-state index contributed by atoms with van der Waals surface area (Å²) in [4.78, 5) is 0. The van der Waals surface area contributed by atoms with Gasteiger partial charge in [-0.15, -0.1) is 0 Å². The molecule has 0 radical (unpaired) electrons. The average Bonchev–Trinajstić information content (AvgIpc) is 2.52.